The fraction of sp³-hybridized carbons (Fsp3) is 0.148. The number of carbonyl (C=O) groups is 2. The van der Waals surface area contributed by atoms with Crippen LogP contribution >= 0.6 is 23.2 Å². The van der Waals surface area contributed by atoms with Crippen molar-refractivity contribution in [1.82, 2.24) is 0 Å². The maximum absolute atomic E-state index is 12.5. The van der Waals surface area contributed by atoms with Gasteiger partial charge in [0.2, 0.25) is 0 Å². The number of aryl methyl sites for hydroxylation is 2. The van der Waals surface area contributed by atoms with Gasteiger partial charge in [-0.15, -0.1) is 0 Å². The predicted molar refractivity (Wildman–Crippen MR) is 142 cm³/mol. The number of halogens is 2. The minimum atomic E-state index is -0.599. The maximum Gasteiger partial charge on any atom is 0.266 e. The van der Waals surface area contributed by atoms with Crippen LogP contribution < -0.4 is 20.1 Å². The Morgan fingerprint density at radius 1 is 1.03 bits per heavy atom. The van der Waals surface area contributed by atoms with Crippen LogP contribution in [-0.2, 0) is 9.59 Å². The number of benzene rings is 3. The number of amides is 2. The molecule has 0 aliphatic rings. The highest BCUT2D eigenvalue weighted by atomic mass is 35.5. The predicted octanol–water partition coefficient (Wildman–Crippen LogP) is 6.18. The molecule has 0 unspecified atom stereocenters. The Kier molecular flexibility index (Phi) is 8.96. The SMILES string of the molecule is COc1cc(/C=C(/C#N)C(=O)Nc2ccc(Cl)cc2)cc(Cl)c1OCC(=O)Nc1cc(C)ccc1C. The molecule has 2 amide bonds. The van der Waals surface area contributed by atoms with Crippen molar-refractivity contribution in [2.75, 3.05) is 24.4 Å². The molecule has 36 heavy (non-hydrogen) atoms. The molecule has 0 fully saturated rings. The van der Waals surface area contributed by atoms with E-state index in [0.717, 1.165) is 11.1 Å². The molecule has 9 heteroatoms. The Balaban J connectivity index is 1.74. The molecule has 0 radical (unpaired) electrons. The molecule has 0 atom stereocenters. The van der Waals surface area contributed by atoms with E-state index in [1.165, 1.54) is 19.3 Å². The van der Waals surface area contributed by atoms with Crippen molar-refractivity contribution in [3.63, 3.8) is 0 Å². The Hall–Kier alpha value is -3.99. The summed E-state index contributed by atoms with van der Waals surface area (Å²) in [4.78, 5) is 25.0. The lowest BCUT2D eigenvalue weighted by molar-refractivity contribution is -0.118. The third-order valence-corrected chi connectivity index (χ3v) is 5.58. The fourth-order valence-corrected chi connectivity index (χ4v) is 3.60. The molecule has 0 bridgehead atoms. The van der Waals surface area contributed by atoms with Crippen molar-refractivity contribution in [2.24, 2.45) is 0 Å². The standard InChI is InChI=1S/C27H23Cl2N3O4/c1-16-4-5-17(2)23(10-16)32-25(33)15-36-26-22(29)12-18(13-24(26)35-3)11-19(14-30)27(34)31-21-8-6-20(28)7-9-21/h4-13H,15H2,1-3H3,(H,31,34)(H,32,33)/b19-11-. The van der Waals surface area contributed by atoms with Crippen LogP contribution in [0, 0.1) is 25.2 Å². The van der Waals surface area contributed by atoms with Crippen molar-refractivity contribution >= 4 is 52.5 Å². The zero-order chi connectivity index (χ0) is 26.2. The number of nitrogens with zero attached hydrogens (tertiary/aromatic N) is 1. The molecule has 184 valence electrons. The second kappa shape index (κ2) is 12.1. The molecule has 0 aliphatic heterocycles. The second-order valence-corrected chi connectivity index (χ2v) is 8.66. The summed E-state index contributed by atoms with van der Waals surface area (Å²) >= 11 is 12.2. The molecule has 3 aromatic rings. The lowest BCUT2D eigenvalue weighted by Crippen LogP contribution is -2.21. The summed E-state index contributed by atoms with van der Waals surface area (Å²) in [7, 11) is 1.42. The number of methoxy groups -OCH3 is 1. The summed E-state index contributed by atoms with van der Waals surface area (Å²) < 4.78 is 11.0. The summed E-state index contributed by atoms with van der Waals surface area (Å²) in [6.07, 6.45) is 1.37. The van der Waals surface area contributed by atoms with Gasteiger partial charge in [-0.1, -0.05) is 35.3 Å². The van der Waals surface area contributed by atoms with Crippen molar-refractivity contribution < 1.29 is 19.1 Å². The number of nitrogens with one attached hydrogen (secondary N) is 2. The van der Waals surface area contributed by atoms with E-state index in [-0.39, 0.29) is 34.6 Å². The summed E-state index contributed by atoms with van der Waals surface area (Å²) in [6, 6.07) is 17.2. The first kappa shape index (κ1) is 26.6. The number of nitriles is 1. The van der Waals surface area contributed by atoms with Crippen molar-refractivity contribution in [3.05, 3.63) is 86.9 Å². The smallest absolute Gasteiger partial charge is 0.266 e. The van der Waals surface area contributed by atoms with Crippen LogP contribution in [0.15, 0.2) is 60.2 Å². The Morgan fingerprint density at radius 3 is 2.42 bits per heavy atom. The minimum absolute atomic E-state index is 0.148. The van der Waals surface area contributed by atoms with E-state index in [1.807, 2.05) is 38.1 Å². The summed E-state index contributed by atoms with van der Waals surface area (Å²) in [5.41, 5.74) is 3.42. The van der Waals surface area contributed by atoms with Gasteiger partial charge in [-0.25, -0.2) is 0 Å². The minimum Gasteiger partial charge on any atom is -0.493 e. The van der Waals surface area contributed by atoms with Gasteiger partial charge in [0.15, 0.2) is 18.1 Å². The van der Waals surface area contributed by atoms with E-state index in [2.05, 4.69) is 10.6 Å². The molecule has 3 rings (SSSR count). The van der Waals surface area contributed by atoms with Gasteiger partial charge in [0, 0.05) is 16.4 Å². The van der Waals surface area contributed by atoms with E-state index >= 15 is 0 Å². The fourth-order valence-electron chi connectivity index (χ4n) is 3.20. The monoisotopic (exact) mass is 523 g/mol. The van der Waals surface area contributed by atoms with Crippen LogP contribution in [0.25, 0.3) is 6.08 Å². The van der Waals surface area contributed by atoms with Crippen molar-refractivity contribution in [2.45, 2.75) is 13.8 Å². The topological polar surface area (TPSA) is 100 Å². The molecular formula is C27H23Cl2N3O4. The molecule has 0 saturated carbocycles. The first-order valence-electron chi connectivity index (χ1n) is 10.8. The summed E-state index contributed by atoms with van der Waals surface area (Å²) in [5.74, 6) is -0.560. The molecule has 0 saturated heterocycles. The average molecular weight is 524 g/mol. The Morgan fingerprint density at radius 2 is 1.75 bits per heavy atom. The Labute approximate surface area is 219 Å². The van der Waals surface area contributed by atoms with E-state index in [0.29, 0.717) is 22.0 Å². The average Bonchev–Trinajstić information content (AvgIpc) is 2.85. The van der Waals surface area contributed by atoms with Crippen LogP contribution in [0.1, 0.15) is 16.7 Å². The molecule has 0 aliphatic carbocycles. The number of carbonyl (C=O) groups excluding carboxylic acids is 2. The zero-order valence-electron chi connectivity index (χ0n) is 19.8. The van der Waals surface area contributed by atoms with Crippen molar-refractivity contribution in [3.8, 4) is 17.6 Å². The van der Waals surface area contributed by atoms with E-state index in [1.54, 1.807) is 30.3 Å². The maximum atomic E-state index is 12.5. The van der Waals surface area contributed by atoms with Gasteiger partial charge in [0.1, 0.15) is 11.6 Å². The van der Waals surface area contributed by atoms with Crippen molar-refractivity contribution in [1.29, 1.82) is 5.26 Å². The third kappa shape index (κ3) is 7.01. The lowest BCUT2D eigenvalue weighted by Gasteiger charge is -2.14. The normalized spacial score (nSPS) is 10.8. The number of rotatable bonds is 8. The largest absolute Gasteiger partial charge is 0.493 e. The lowest BCUT2D eigenvalue weighted by atomic mass is 10.1. The van der Waals surface area contributed by atoms with Gasteiger partial charge in [0.05, 0.1) is 12.1 Å². The zero-order valence-corrected chi connectivity index (χ0v) is 21.3. The van der Waals surface area contributed by atoms with E-state index in [4.69, 9.17) is 32.7 Å². The molecular weight excluding hydrogens is 501 g/mol. The quantitative estimate of drug-likeness (QED) is 0.271. The van der Waals surface area contributed by atoms with Gasteiger partial charge in [-0.2, -0.15) is 5.26 Å². The van der Waals surface area contributed by atoms with Crippen LogP contribution in [0.3, 0.4) is 0 Å². The molecule has 0 heterocycles. The van der Waals surface area contributed by atoms with Gasteiger partial charge < -0.3 is 20.1 Å². The van der Waals surface area contributed by atoms with E-state index < -0.39 is 5.91 Å². The Bertz CT molecular complexity index is 1360. The molecule has 0 spiro atoms. The first-order valence-corrected chi connectivity index (χ1v) is 11.5. The molecule has 2 N–H and O–H groups in total. The highest BCUT2D eigenvalue weighted by Gasteiger charge is 2.16. The van der Waals surface area contributed by atoms with Crippen LogP contribution in [0.2, 0.25) is 10.0 Å². The van der Waals surface area contributed by atoms with Gasteiger partial charge in [-0.05, 0) is 79.1 Å². The van der Waals surface area contributed by atoms with Gasteiger partial charge in [0.25, 0.3) is 11.8 Å². The number of ether oxygens (including phenoxy) is 2. The number of hydrogen-bond acceptors (Lipinski definition) is 5. The van der Waals surface area contributed by atoms with Crippen LogP contribution in [-0.4, -0.2) is 25.5 Å². The number of hydrogen-bond donors (Lipinski definition) is 2. The highest BCUT2D eigenvalue weighted by molar-refractivity contribution is 6.32. The molecule has 3 aromatic carbocycles. The van der Waals surface area contributed by atoms with Gasteiger partial charge in [-0.3, -0.25) is 9.59 Å². The van der Waals surface area contributed by atoms with Crippen LogP contribution in [0.5, 0.6) is 11.5 Å². The highest BCUT2D eigenvalue weighted by Crippen LogP contribution is 2.37. The molecule has 0 aromatic heterocycles. The van der Waals surface area contributed by atoms with Crippen LogP contribution in [0.4, 0.5) is 11.4 Å². The van der Waals surface area contributed by atoms with E-state index in [9.17, 15) is 14.9 Å². The summed E-state index contributed by atoms with van der Waals surface area (Å²) in [5, 5.41) is 15.6. The molecule has 7 nitrogen and oxygen atoms in total. The summed E-state index contributed by atoms with van der Waals surface area (Å²) in [6.45, 7) is 3.53. The third-order valence-electron chi connectivity index (χ3n) is 5.04. The number of anilines is 2. The second-order valence-electron chi connectivity index (χ2n) is 7.82. The van der Waals surface area contributed by atoms with Gasteiger partial charge >= 0.3 is 0 Å². The first-order chi connectivity index (χ1) is 17.2.